The summed E-state index contributed by atoms with van der Waals surface area (Å²) < 4.78 is 3.60. The predicted molar refractivity (Wildman–Crippen MR) is 80.8 cm³/mol. The molecule has 0 unspecified atom stereocenters. The molecular formula is C15H14ClN5. The first-order chi connectivity index (χ1) is 10.1. The Bertz CT molecular complexity index is 817. The second kappa shape index (κ2) is 5.54. The lowest BCUT2D eigenvalue weighted by Gasteiger charge is -2.09. The van der Waals surface area contributed by atoms with Gasteiger partial charge >= 0.3 is 0 Å². The van der Waals surface area contributed by atoms with E-state index in [1.807, 2.05) is 42.2 Å². The average molecular weight is 300 g/mol. The Morgan fingerprint density at radius 2 is 2.10 bits per heavy atom. The molecule has 0 saturated carbocycles. The SMILES string of the molecule is Cn1cc(-c2cccn(Cc3ccc(Cl)nc3)c2=N)cn1. The summed E-state index contributed by atoms with van der Waals surface area (Å²) in [5.74, 6) is 0. The smallest absolute Gasteiger partial charge is 0.133 e. The van der Waals surface area contributed by atoms with Crippen LogP contribution >= 0.6 is 11.6 Å². The molecule has 0 aliphatic carbocycles. The Morgan fingerprint density at radius 1 is 1.24 bits per heavy atom. The van der Waals surface area contributed by atoms with E-state index >= 15 is 0 Å². The molecule has 0 amide bonds. The topological polar surface area (TPSA) is 59.5 Å². The highest BCUT2D eigenvalue weighted by Crippen LogP contribution is 2.13. The molecule has 0 aliphatic heterocycles. The summed E-state index contributed by atoms with van der Waals surface area (Å²) >= 11 is 5.79. The van der Waals surface area contributed by atoms with Crippen LogP contribution in [0.4, 0.5) is 0 Å². The minimum Gasteiger partial charge on any atom is -0.329 e. The van der Waals surface area contributed by atoms with Gasteiger partial charge in [0, 0.05) is 36.8 Å². The maximum Gasteiger partial charge on any atom is 0.133 e. The molecule has 0 aliphatic rings. The van der Waals surface area contributed by atoms with Crippen LogP contribution in [0.25, 0.3) is 11.1 Å². The molecule has 3 aromatic rings. The van der Waals surface area contributed by atoms with Crippen LogP contribution < -0.4 is 5.49 Å². The Hall–Kier alpha value is -2.40. The molecule has 0 spiro atoms. The van der Waals surface area contributed by atoms with Crippen molar-refractivity contribution in [2.45, 2.75) is 6.54 Å². The molecule has 0 atom stereocenters. The number of aryl methyl sites for hydroxylation is 1. The maximum atomic E-state index is 8.36. The van der Waals surface area contributed by atoms with Crippen LogP contribution in [0, 0.1) is 5.41 Å². The molecule has 0 fully saturated rings. The van der Waals surface area contributed by atoms with Crippen molar-refractivity contribution in [3.8, 4) is 11.1 Å². The Labute approximate surface area is 127 Å². The molecule has 1 N–H and O–H groups in total. The molecule has 106 valence electrons. The number of rotatable bonds is 3. The fourth-order valence-corrected chi connectivity index (χ4v) is 2.28. The molecule has 6 heteroatoms. The molecule has 21 heavy (non-hydrogen) atoms. The van der Waals surface area contributed by atoms with E-state index in [2.05, 4.69) is 10.1 Å². The van der Waals surface area contributed by atoms with Gasteiger partial charge in [0.2, 0.25) is 0 Å². The Morgan fingerprint density at radius 3 is 2.76 bits per heavy atom. The molecule has 0 saturated heterocycles. The van der Waals surface area contributed by atoms with Crippen LogP contribution in [0.5, 0.6) is 0 Å². The van der Waals surface area contributed by atoms with E-state index in [0.717, 1.165) is 16.7 Å². The molecule has 5 nitrogen and oxygen atoms in total. The molecule has 0 radical (unpaired) electrons. The number of pyridine rings is 2. The van der Waals surface area contributed by atoms with Crippen molar-refractivity contribution in [1.29, 1.82) is 5.41 Å². The maximum absolute atomic E-state index is 8.36. The van der Waals surface area contributed by atoms with Crippen molar-refractivity contribution in [2.75, 3.05) is 0 Å². The van der Waals surface area contributed by atoms with E-state index in [4.69, 9.17) is 17.0 Å². The molecule has 0 bridgehead atoms. The van der Waals surface area contributed by atoms with Crippen LogP contribution in [0.3, 0.4) is 0 Å². The largest absolute Gasteiger partial charge is 0.329 e. The van der Waals surface area contributed by atoms with Gasteiger partial charge < -0.3 is 4.57 Å². The Kier molecular flexibility index (Phi) is 3.58. The van der Waals surface area contributed by atoms with Crippen LogP contribution in [0.15, 0.2) is 49.1 Å². The van der Waals surface area contributed by atoms with Crippen molar-refractivity contribution < 1.29 is 0 Å². The van der Waals surface area contributed by atoms with Crippen molar-refractivity contribution in [1.82, 2.24) is 19.3 Å². The second-order valence-corrected chi connectivity index (χ2v) is 5.18. The average Bonchev–Trinajstić information content (AvgIpc) is 2.90. The summed E-state index contributed by atoms with van der Waals surface area (Å²) in [7, 11) is 1.86. The molecule has 0 aromatic carbocycles. The van der Waals surface area contributed by atoms with Crippen LogP contribution in [-0.4, -0.2) is 19.3 Å². The number of hydrogen-bond donors (Lipinski definition) is 1. The van der Waals surface area contributed by atoms with Gasteiger partial charge in [0.15, 0.2) is 0 Å². The number of hydrogen-bond acceptors (Lipinski definition) is 3. The summed E-state index contributed by atoms with van der Waals surface area (Å²) in [6.07, 6.45) is 7.28. The van der Waals surface area contributed by atoms with E-state index in [9.17, 15) is 0 Å². The van der Waals surface area contributed by atoms with E-state index in [-0.39, 0.29) is 0 Å². The van der Waals surface area contributed by atoms with Crippen molar-refractivity contribution in [3.63, 3.8) is 0 Å². The number of halogens is 1. The van der Waals surface area contributed by atoms with E-state index in [1.54, 1.807) is 23.1 Å². The first-order valence-electron chi connectivity index (χ1n) is 6.47. The summed E-state index contributed by atoms with van der Waals surface area (Å²) in [5, 5.41) is 13.0. The lowest BCUT2D eigenvalue weighted by atomic mass is 10.1. The molecule has 3 aromatic heterocycles. The number of aromatic nitrogens is 4. The third-order valence-corrected chi connectivity index (χ3v) is 3.45. The van der Waals surface area contributed by atoms with Gasteiger partial charge in [-0.15, -0.1) is 0 Å². The van der Waals surface area contributed by atoms with Gasteiger partial charge in [0.1, 0.15) is 10.6 Å². The summed E-state index contributed by atoms with van der Waals surface area (Å²) in [6, 6.07) is 7.53. The zero-order valence-corrected chi connectivity index (χ0v) is 12.2. The number of nitrogens with one attached hydrogen (secondary N) is 1. The highest BCUT2D eigenvalue weighted by atomic mass is 35.5. The van der Waals surface area contributed by atoms with Gasteiger partial charge in [-0.1, -0.05) is 17.7 Å². The van der Waals surface area contributed by atoms with Crippen LogP contribution in [-0.2, 0) is 13.6 Å². The highest BCUT2D eigenvalue weighted by Gasteiger charge is 2.05. The van der Waals surface area contributed by atoms with Gasteiger partial charge in [-0.05, 0) is 23.8 Å². The Balaban J connectivity index is 1.97. The van der Waals surface area contributed by atoms with E-state index < -0.39 is 0 Å². The zero-order valence-electron chi connectivity index (χ0n) is 11.5. The lowest BCUT2D eigenvalue weighted by Crippen LogP contribution is -2.21. The normalized spacial score (nSPS) is 10.8. The summed E-state index contributed by atoms with van der Waals surface area (Å²) in [6.45, 7) is 0.580. The first-order valence-corrected chi connectivity index (χ1v) is 6.85. The molecule has 3 heterocycles. The van der Waals surface area contributed by atoms with Gasteiger partial charge in [0.25, 0.3) is 0 Å². The lowest BCUT2D eigenvalue weighted by molar-refractivity contribution is 0.731. The van der Waals surface area contributed by atoms with Gasteiger partial charge in [-0.3, -0.25) is 10.1 Å². The summed E-state index contributed by atoms with van der Waals surface area (Å²) in [5.41, 5.74) is 3.24. The number of nitrogens with zero attached hydrogens (tertiary/aromatic N) is 4. The fourth-order valence-electron chi connectivity index (χ4n) is 2.17. The van der Waals surface area contributed by atoms with E-state index in [0.29, 0.717) is 17.2 Å². The summed E-state index contributed by atoms with van der Waals surface area (Å²) in [4.78, 5) is 4.07. The van der Waals surface area contributed by atoms with Gasteiger partial charge in [-0.25, -0.2) is 4.98 Å². The van der Waals surface area contributed by atoms with E-state index in [1.165, 1.54) is 0 Å². The minimum atomic E-state index is 0.445. The van der Waals surface area contributed by atoms with Gasteiger partial charge in [0.05, 0.1) is 12.7 Å². The third kappa shape index (κ3) is 2.87. The highest BCUT2D eigenvalue weighted by molar-refractivity contribution is 6.29. The standard InChI is InChI=1S/C15H14ClN5/c1-20-10-12(8-19-20)13-3-2-6-21(15(13)17)9-11-4-5-14(16)18-7-11/h2-8,10,17H,9H2,1H3. The third-order valence-electron chi connectivity index (χ3n) is 3.23. The van der Waals surface area contributed by atoms with Crippen LogP contribution in [0.2, 0.25) is 5.15 Å². The second-order valence-electron chi connectivity index (χ2n) is 4.79. The first kappa shape index (κ1) is 13.6. The van der Waals surface area contributed by atoms with Crippen molar-refractivity contribution in [3.05, 3.63) is 65.3 Å². The fraction of sp³-hybridized carbons (Fsp3) is 0.133. The zero-order chi connectivity index (χ0) is 14.8. The van der Waals surface area contributed by atoms with Gasteiger partial charge in [-0.2, -0.15) is 5.10 Å². The minimum absolute atomic E-state index is 0.445. The molecular weight excluding hydrogens is 286 g/mol. The predicted octanol–water partition coefficient (Wildman–Crippen LogP) is 2.46. The quantitative estimate of drug-likeness (QED) is 0.755. The van der Waals surface area contributed by atoms with Crippen molar-refractivity contribution in [2.24, 2.45) is 7.05 Å². The van der Waals surface area contributed by atoms with Crippen LogP contribution in [0.1, 0.15) is 5.56 Å². The molecule has 3 rings (SSSR count). The monoisotopic (exact) mass is 299 g/mol. The van der Waals surface area contributed by atoms with Crippen molar-refractivity contribution >= 4 is 11.6 Å².